The Bertz CT molecular complexity index is 1030. The number of carbonyl (C=O) groups is 1. The molecule has 1 aromatic carbocycles. The van der Waals surface area contributed by atoms with Gasteiger partial charge in [-0.1, -0.05) is 24.3 Å². The molecule has 2 aromatic rings. The van der Waals surface area contributed by atoms with Gasteiger partial charge in [-0.2, -0.15) is 0 Å². The molecule has 0 unspecified atom stereocenters. The number of sulfonamides is 1. The van der Waals surface area contributed by atoms with Gasteiger partial charge in [0.25, 0.3) is 5.91 Å². The number of hydrogen-bond acceptors (Lipinski definition) is 5. The van der Waals surface area contributed by atoms with Gasteiger partial charge in [0.05, 0.1) is 17.4 Å². The number of benzene rings is 1. The number of nitrogens with one attached hydrogen (secondary N) is 1. The van der Waals surface area contributed by atoms with Gasteiger partial charge in [-0.25, -0.2) is 13.4 Å². The Labute approximate surface area is 171 Å². The van der Waals surface area contributed by atoms with Crippen LogP contribution in [0.25, 0.3) is 0 Å². The average molecular weight is 416 g/mol. The molecule has 1 amide bonds. The van der Waals surface area contributed by atoms with Crippen molar-refractivity contribution >= 4 is 21.6 Å². The number of fused-ring (bicyclic) bond motifs is 2. The Balaban J connectivity index is 1.65. The van der Waals surface area contributed by atoms with Crippen molar-refractivity contribution in [2.24, 2.45) is 0 Å². The molecule has 154 valence electrons. The Morgan fingerprint density at radius 2 is 1.86 bits per heavy atom. The van der Waals surface area contributed by atoms with Gasteiger partial charge in [0.2, 0.25) is 15.9 Å². The SMILES string of the molecule is CC(C)(C)NC(=O)c1cnc2c(c1)N(S(=O)(=O)C1Cc3ccccc3C1)CCO2. The first-order chi connectivity index (χ1) is 13.6. The first kappa shape index (κ1) is 19.7. The number of aromatic nitrogens is 1. The zero-order valence-electron chi connectivity index (χ0n) is 16.8. The Hall–Kier alpha value is -2.61. The lowest BCUT2D eigenvalue weighted by atomic mass is 10.1. The number of hydrogen-bond donors (Lipinski definition) is 1. The molecule has 1 aromatic heterocycles. The summed E-state index contributed by atoms with van der Waals surface area (Å²) in [5.41, 5.74) is 2.37. The minimum Gasteiger partial charge on any atom is -0.474 e. The molecule has 29 heavy (non-hydrogen) atoms. The van der Waals surface area contributed by atoms with E-state index in [1.54, 1.807) is 6.07 Å². The zero-order chi connectivity index (χ0) is 20.8. The van der Waals surface area contributed by atoms with Crippen molar-refractivity contribution in [2.45, 2.75) is 44.4 Å². The zero-order valence-corrected chi connectivity index (χ0v) is 17.6. The van der Waals surface area contributed by atoms with Crippen LogP contribution in [-0.4, -0.2) is 43.2 Å². The molecule has 8 heteroatoms. The lowest BCUT2D eigenvalue weighted by Gasteiger charge is -2.32. The molecule has 0 radical (unpaired) electrons. The van der Waals surface area contributed by atoms with Crippen LogP contribution in [0.15, 0.2) is 36.5 Å². The molecule has 0 spiro atoms. The molecule has 0 bridgehead atoms. The number of ether oxygens (including phenoxy) is 1. The third-order valence-corrected chi connectivity index (χ3v) is 7.30. The van der Waals surface area contributed by atoms with Crippen LogP contribution in [0.3, 0.4) is 0 Å². The molecule has 7 nitrogen and oxygen atoms in total. The van der Waals surface area contributed by atoms with Gasteiger partial charge >= 0.3 is 0 Å². The number of pyridine rings is 1. The molecule has 0 saturated heterocycles. The second kappa shape index (κ2) is 7.02. The van der Waals surface area contributed by atoms with Crippen LogP contribution in [0.1, 0.15) is 42.3 Å². The number of rotatable bonds is 3. The fourth-order valence-corrected chi connectivity index (χ4v) is 5.66. The van der Waals surface area contributed by atoms with E-state index in [2.05, 4.69) is 10.3 Å². The highest BCUT2D eigenvalue weighted by Gasteiger charge is 2.39. The number of amides is 1. The summed E-state index contributed by atoms with van der Waals surface area (Å²) in [6, 6.07) is 9.38. The van der Waals surface area contributed by atoms with Crippen LogP contribution in [-0.2, 0) is 22.9 Å². The third-order valence-electron chi connectivity index (χ3n) is 5.13. The van der Waals surface area contributed by atoms with Crippen molar-refractivity contribution in [3.05, 3.63) is 53.2 Å². The van der Waals surface area contributed by atoms with E-state index >= 15 is 0 Å². The summed E-state index contributed by atoms with van der Waals surface area (Å²) in [7, 11) is -3.64. The third kappa shape index (κ3) is 3.81. The van der Waals surface area contributed by atoms with Crippen molar-refractivity contribution in [1.82, 2.24) is 10.3 Å². The molecular weight excluding hydrogens is 390 g/mol. The Morgan fingerprint density at radius 1 is 1.21 bits per heavy atom. The van der Waals surface area contributed by atoms with Gasteiger partial charge in [-0.05, 0) is 50.8 Å². The molecule has 2 heterocycles. The molecule has 1 aliphatic heterocycles. The van der Waals surface area contributed by atoms with Gasteiger partial charge in [0.1, 0.15) is 12.3 Å². The Kier molecular flexibility index (Phi) is 4.77. The van der Waals surface area contributed by atoms with Gasteiger partial charge in [-0.3, -0.25) is 9.10 Å². The van der Waals surface area contributed by atoms with E-state index in [0.717, 1.165) is 11.1 Å². The van der Waals surface area contributed by atoms with Crippen LogP contribution in [0.5, 0.6) is 5.88 Å². The lowest BCUT2D eigenvalue weighted by molar-refractivity contribution is 0.0919. The second-order valence-corrected chi connectivity index (χ2v) is 10.7. The van der Waals surface area contributed by atoms with Crippen LogP contribution >= 0.6 is 0 Å². The monoisotopic (exact) mass is 415 g/mol. The van der Waals surface area contributed by atoms with Gasteiger partial charge < -0.3 is 10.1 Å². The summed E-state index contributed by atoms with van der Waals surface area (Å²) in [6.45, 7) is 6.08. The van der Waals surface area contributed by atoms with Crippen molar-refractivity contribution in [3.63, 3.8) is 0 Å². The van der Waals surface area contributed by atoms with Gasteiger partial charge in [-0.15, -0.1) is 0 Å². The summed E-state index contributed by atoms with van der Waals surface area (Å²) in [6.07, 6.45) is 2.40. The Morgan fingerprint density at radius 3 is 2.48 bits per heavy atom. The van der Waals surface area contributed by atoms with E-state index in [1.165, 1.54) is 10.5 Å². The highest BCUT2D eigenvalue weighted by molar-refractivity contribution is 7.93. The number of carbonyl (C=O) groups excluding carboxylic acids is 1. The van der Waals surface area contributed by atoms with Crippen molar-refractivity contribution < 1.29 is 17.9 Å². The smallest absolute Gasteiger partial charge is 0.253 e. The molecule has 2 aliphatic rings. The van der Waals surface area contributed by atoms with Crippen LogP contribution < -0.4 is 14.4 Å². The normalized spacial score (nSPS) is 16.7. The second-order valence-electron chi connectivity index (χ2n) is 8.52. The van der Waals surface area contributed by atoms with E-state index in [9.17, 15) is 13.2 Å². The quantitative estimate of drug-likeness (QED) is 0.831. The van der Waals surface area contributed by atoms with Crippen molar-refractivity contribution in [2.75, 3.05) is 17.5 Å². The van der Waals surface area contributed by atoms with Crippen LogP contribution in [0, 0.1) is 0 Å². The van der Waals surface area contributed by atoms with Crippen LogP contribution in [0.2, 0.25) is 0 Å². The van der Waals surface area contributed by atoms with Gasteiger partial charge in [0.15, 0.2) is 0 Å². The fraction of sp³-hybridized carbons (Fsp3) is 0.429. The van der Waals surface area contributed by atoms with E-state index in [0.29, 0.717) is 24.1 Å². The predicted molar refractivity (Wildman–Crippen MR) is 111 cm³/mol. The molecule has 0 atom stereocenters. The summed E-state index contributed by atoms with van der Waals surface area (Å²) in [4.78, 5) is 16.8. The van der Waals surface area contributed by atoms with Gasteiger partial charge in [0, 0.05) is 11.7 Å². The number of nitrogens with zero attached hydrogens (tertiary/aromatic N) is 2. The van der Waals surface area contributed by atoms with E-state index in [1.807, 2.05) is 45.0 Å². The van der Waals surface area contributed by atoms with E-state index < -0.39 is 20.8 Å². The van der Waals surface area contributed by atoms with E-state index in [4.69, 9.17) is 4.74 Å². The maximum absolute atomic E-state index is 13.5. The molecule has 1 N–H and O–H groups in total. The minimum atomic E-state index is -3.64. The summed E-state index contributed by atoms with van der Waals surface area (Å²) in [5.74, 6) is -0.0633. The standard InChI is InChI=1S/C21H25N3O4S/c1-21(2,3)23-19(25)16-12-18-20(22-13-16)28-9-8-24(18)29(26,27)17-10-14-6-4-5-7-15(14)11-17/h4-7,12-13,17H,8-11H2,1-3H3,(H,23,25). The largest absolute Gasteiger partial charge is 0.474 e. The number of anilines is 1. The molecule has 4 rings (SSSR count). The lowest BCUT2D eigenvalue weighted by Crippen LogP contribution is -2.44. The van der Waals surface area contributed by atoms with E-state index in [-0.39, 0.29) is 24.9 Å². The molecule has 0 fully saturated rings. The average Bonchev–Trinajstić information content (AvgIpc) is 3.11. The minimum absolute atomic E-state index is 0.203. The first-order valence-corrected chi connectivity index (χ1v) is 11.2. The highest BCUT2D eigenvalue weighted by atomic mass is 32.2. The highest BCUT2D eigenvalue weighted by Crippen LogP contribution is 2.36. The fourth-order valence-electron chi connectivity index (χ4n) is 3.79. The van der Waals surface area contributed by atoms with Crippen molar-refractivity contribution in [3.8, 4) is 5.88 Å². The molecular formula is C21H25N3O4S. The summed E-state index contributed by atoms with van der Waals surface area (Å²) < 4.78 is 33.9. The van der Waals surface area contributed by atoms with Crippen molar-refractivity contribution in [1.29, 1.82) is 0 Å². The first-order valence-electron chi connectivity index (χ1n) is 9.69. The maximum Gasteiger partial charge on any atom is 0.253 e. The topological polar surface area (TPSA) is 88.6 Å². The summed E-state index contributed by atoms with van der Waals surface area (Å²) in [5, 5.41) is 2.35. The predicted octanol–water partition coefficient (Wildman–Crippen LogP) is 2.31. The maximum atomic E-state index is 13.5. The summed E-state index contributed by atoms with van der Waals surface area (Å²) >= 11 is 0. The molecule has 0 saturated carbocycles. The van der Waals surface area contributed by atoms with Crippen LogP contribution in [0.4, 0.5) is 5.69 Å². The molecule has 1 aliphatic carbocycles.